The lowest BCUT2D eigenvalue weighted by molar-refractivity contribution is 0.594. The Hall–Kier alpha value is -0.970. The van der Waals surface area contributed by atoms with Crippen LogP contribution in [0.1, 0.15) is 22.7 Å². The maximum absolute atomic E-state index is 13.9. The summed E-state index contributed by atoms with van der Waals surface area (Å²) >= 11 is 9.07. The molecule has 0 amide bonds. The molecular formula is C14H11BrClF2N. The molecule has 5 heteroatoms. The Morgan fingerprint density at radius 1 is 1.16 bits per heavy atom. The van der Waals surface area contributed by atoms with Crippen molar-refractivity contribution in [2.45, 2.75) is 13.0 Å². The first kappa shape index (κ1) is 14.4. The zero-order valence-electron chi connectivity index (χ0n) is 10.1. The molecule has 0 radical (unpaired) electrons. The Balaban J connectivity index is 2.49. The third kappa shape index (κ3) is 3.14. The van der Waals surface area contributed by atoms with Crippen molar-refractivity contribution in [2.24, 2.45) is 5.73 Å². The van der Waals surface area contributed by atoms with Crippen molar-refractivity contribution in [3.8, 4) is 0 Å². The van der Waals surface area contributed by atoms with Gasteiger partial charge in [-0.05, 0) is 58.2 Å². The van der Waals surface area contributed by atoms with Gasteiger partial charge in [-0.2, -0.15) is 0 Å². The number of aryl methyl sites for hydroxylation is 1. The first-order valence-corrected chi connectivity index (χ1v) is 6.72. The van der Waals surface area contributed by atoms with Gasteiger partial charge >= 0.3 is 0 Å². The van der Waals surface area contributed by atoms with Crippen LogP contribution in [-0.2, 0) is 0 Å². The fourth-order valence-electron chi connectivity index (χ4n) is 1.90. The maximum Gasteiger partial charge on any atom is 0.129 e. The number of hydrogen-bond donors (Lipinski definition) is 1. The summed E-state index contributed by atoms with van der Waals surface area (Å²) in [4.78, 5) is 0. The van der Waals surface area contributed by atoms with E-state index < -0.39 is 17.7 Å². The van der Waals surface area contributed by atoms with Crippen LogP contribution in [0.4, 0.5) is 8.78 Å². The topological polar surface area (TPSA) is 26.0 Å². The first-order valence-electron chi connectivity index (χ1n) is 5.55. The Morgan fingerprint density at radius 3 is 2.47 bits per heavy atom. The molecule has 0 heterocycles. The Bertz CT molecular complexity index is 611. The van der Waals surface area contributed by atoms with E-state index in [1.54, 1.807) is 13.0 Å². The minimum absolute atomic E-state index is 0.234. The van der Waals surface area contributed by atoms with Crippen LogP contribution >= 0.6 is 27.5 Å². The second-order valence-corrected chi connectivity index (χ2v) is 5.59. The molecule has 0 aliphatic rings. The van der Waals surface area contributed by atoms with Crippen LogP contribution in [0.5, 0.6) is 0 Å². The van der Waals surface area contributed by atoms with Gasteiger partial charge in [0.05, 0.1) is 11.1 Å². The van der Waals surface area contributed by atoms with E-state index in [1.807, 2.05) is 0 Å². The van der Waals surface area contributed by atoms with Crippen molar-refractivity contribution in [3.05, 3.63) is 68.2 Å². The highest BCUT2D eigenvalue weighted by atomic mass is 79.9. The summed E-state index contributed by atoms with van der Waals surface area (Å²) in [5.74, 6) is -0.875. The van der Waals surface area contributed by atoms with Gasteiger partial charge in [0.15, 0.2) is 0 Å². The Morgan fingerprint density at radius 2 is 1.84 bits per heavy atom. The molecule has 0 aromatic heterocycles. The highest BCUT2D eigenvalue weighted by molar-refractivity contribution is 9.10. The van der Waals surface area contributed by atoms with E-state index in [0.29, 0.717) is 15.1 Å². The average Bonchev–Trinajstić information content (AvgIpc) is 2.31. The molecule has 1 atom stereocenters. The molecule has 1 unspecified atom stereocenters. The molecule has 0 spiro atoms. The van der Waals surface area contributed by atoms with E-state index >= 15 is 0 Å². The SMILES string of the molecule is Cc1cc(F)cc(C(N)c2cc(Cl)c(Br)cc2F)c1. The highest BCUT2D eigenvalue weighted by Gasteiger charge is 2.16. The van der Waals surface area contributed by atoms with Crippen molar-refractivity contribution in [1.82, 2.24) is 0 Å². The molecule has 0 aliphatic heterocycles. The third-order valence-electron chi connectivity index (χ3n) is 2.80. The number of hydrogen-bond acceptors (Lipinski definition) is 1. The molecule has 19 heavy (non-hydrogen) atoms. The molecule has 1 nitrogen and oxygen atoms in total. The Labute approximate surface area is 123 Å². The Kier molecular flexibility index (Phi) is 4.23. The van der Waals surface area contributed by atoms with Crippen molar-refractivity contribution in [3.63, 3.8) is 0 Å². The summed E-state index contributed by atoms with van der Waals surface area (Å²) in [6.07, 6.45) is 0. The molecule has 0 saturated carbocycles. The normalized spacial score (nSPS) is 12.5. The van der Waals surface area contributed by atoms with Crippen LogP contribution in [0, 0.1) is 18.6 Å². The summed E-state index contributed by atoms with van der Waals surface area (Å²) in [7, 11) is 0. The van der Waals surface area contributed by atoms with E-state index in [2.05, 4.69) is 15.9 Å². The van der Waals surface area contributed by atoms with Crippen LogP contribution in [0.3, 0.4) is 0 Å². The lowest BCUT2D eigenvalue weighted by Crippen LogP contribution is -2.14. The molecule has 0 fully saturated rings. The fraction of sp³-hybridized carbons (Fsp3) is 0.143. The standard InChI is InChI=1S/C14H11BrClF2N/c1-7-2-8(4-9(17)3-7)14(19)10-5-12(16)11(15)6-13(10)18/h2-6,14H,19H2,1H3. The summed E-state index contributed by atoms with van der Waals surface area (Å²) in [5.41, 5.74) is 7.47. The molecule has 2 aromatic rings. The van der Waals surface area contributed by atoms with Crippen LogP contribution in [0.25, 0.3) is 0 Å². The molecule has 100 valence electrons. The zero-order chi connectivity index (χ0) is 14.2. The molecule has 2 rings (SSSR count). The predicted octanol–water partition coefficient (Wildman–Crippen LogP) is 4.74. The number of benzene rings is 2. The second kappa shape index (κ2) is 5.57. The lowest BCUT2D eigenvalue weighted by Gasteiger charge is -2.15. The van der Waals surface area contributed by atoms with Crippen molar-refractivity contribution >= 4 is 27.5 Å². The van der Waals surface area contributed by atoms with Gasteiger partial charge in [0.1, 0.15) is 11.6 Å². The third-order valence-corrected chi connectivity index (χ3v) is 4.00. The number of nitrogens with two attached hydrogens (primary N) is 1. The van der Waals surface area contributed by atoms with Gasteiger partial charge < -0.3 is 5.73 Å². The average molecular weight is 347 g/mol. The summed E-state index contributed by atoms with van der Waals surface area (Å²) in [6.45, 7) is 1.75. The zero-order valence-corrected chi connectivity index (χ0v) is 12.4. The van der Waals surface area contributed by atoms with Gasteiger partial charge in [0.2, 0.25) is 0 Å². The van der Waals surface area contributed by atoms with Crippen LogP contribution in [0.15, 0.2) is 34.8 Å². The van der Waals surface area contributed by atoms with Gasteiger partial charge in [-0.1, -0.05) is 17.7 Å². The van der Waals surface area contributed by atoms with Gasteiger partial charge in [0.25, 0.3) is 0 Å². The van der Waals surface area contributed by atoms with E-state index in [0.717, 1.165) is 5.56 Å². The monoisotopic (exact) mass is 345 g/mol. The smallest absolute Gasteiger partial charge is 0.129 e. The van der Waals surface area contributed by atoms with Crippen molar-refractivity contribution in [2.75, 3.05) is 0 Å². The van der Waals surface area contributed by atoms with Crippen molar-refractivity contribution < 1.29 is 8.78 Å². The van der Waals surface area contributed by atoms with Gasteiger partial charge in [-0.15, -0.1) is 0 Å². The highest BCUT2D eigenvalue weighted by Crippen LogP contribution is 2.31. The minimum atomic E-state index is -0.764. The van der Waals surface area contributed by atoms with E-state index in [9.17, 15) is 8.78 Å². The summed E-state index contributed by atoms with van der Waals surface area (Å²) in [6, 6.07) is 6.35. The lowest BCUT2D eigenvalue weighted by atomic mass is 9.97. The molecule has 0 aliphatic carbocycles. The molecule has 2 N–H and O–H groups in total. The van der Waals surface area contributed by atoms with Gasteiger partial charge in [0, 0.05) is 10.0 Å². The molecule has 0 saturated heterocycles. The molecule has 0 bridgehead atoms. The molecular weight excluding hydrogens is 336 g/mol. The number of rotatable bonds is 2. The summed E-state index contributed by atoms with van der Waals surface area (Å²) < 4.78 is 27.7. The number of halogens is 4. The predicted molar refractivity (Wildman–Crippen MR) is 76.3 cm³/mol. The second-order valence-electron chi connectivity index (χ2n) is 4.33. The quantitative estimate of drug-likeness (QED) is 0.781. The van der Waals surface area contributed by atoms with E-state index in [1.165, 1.54) is 24.3 Å². The maximum atomic E-state index is 13.9. The van der Waals surface area contributed by atoms with Gasteiger partial charge in [-0.3, -0.25) is 0 Å². The van der Waals surface area contributed by atoms with Crippen LogP contribution < -0.4 is 5.73 Å². The van der Waals surface area contributed by atoms with Gasteiger partial charge in [-0.25, -0.2) is 8.78 Å². The van der Waals surface area contributed by atoms with Crippen LogP contribution in [-0.4, -0.2) is 0 Å². The summed E-state index contributed by atoms with van der Waals surface area (Å²) in [5, 5.41) is 0.361. The molecule has 2 aromatic carbocycles. The van der Waals surface area contributed by atoms with E-state index in [-0.39, 0.29) is 5.56 Å². The van der Waals surface area contributed by atoms with Crippen molar-refractivity contribution in [1.29, 1.82) is 0 Å². The van der Waals surface area contributed by atoms with Crippen LogP contribution in [0.2, 0.25) is 5.02 Å². The fourth-order valence-corrected chi connectivity index (χ4v) is 2.39. The first-order chi connectivity index (χ1) is 8.88. The minimum Gasteiger partial charge on any atom is -0.320 e. The largest absolute Gasteiger partial charge is 0.320 e. The van der Waals surface area contributed by atoms with E-state index in [4.69, 9.17) is 17.3 Å².